The van der Waals surface area contributed by atoms with Crippen molar-refractivity contribution in [3.05, 3.63) is 77.6 Å². The zero-order valence-electron chi connectivity index (χ0n) is 21.2. The van der Waals surface area contributed by atoms with Crippen LogP contribution < -0.4 is 15.0 Å². The van der Waals surface area contributed by atoms with E-state index in [1.165, 1.54) is 16.7 Å². The second-order valence-electron chi connectivity index (χ2n) is 9.23. The van der Waals surface area contributed by atoms with E-state index in [0.29, 0.717) is 39.5 Å². The van der Waals surface area contributed by atoms with Crippen molar-refractivity contribution in [3.63, 3.8) is 0 Å². The molecule has 0 fully saturated rings. The number of para-hydroxylation sites is 1. The van der Waals surface area contributed by atoms with E-state index in [2.05, 4.69) is 20.6 Å². The molecule has 1 atom stereocenters. The highest BCUT2D eigenvalue weighted by molar-refractivity contribution is 6.31. The van der Waals surface area contributed by atoms with Crippen molar-refractivity contribution in [1.82, 2.24) is 25.3 Å². The lowest BCUT2D eigenvalue weighted by Gasteiger charge is -2.35. The van der Waals surface area contributed by atoms with Gasteiger partial charge in [0.1, 0.15) is 23.9 Å². The van der Waals surface area contributed by atoms with Crippen LogP contribution in [-0.4, -0.2) is 44.4 Å². The molecule has 2 heterocycles. The number of pyridine rings is 1. The van der Waals surface area contributed by atoms with Crippen molar-refractivity contribution in [1.29, 1.82) is 0 Å². The van der Waals surface area contributed by atoms with Gasteiger partial charge in [-0.05, 0) is 68.3 Å². The molecule has 0 unspecified atom stereocenters. The van der Waals surface area contributed by atoms with Crippen molar-refractivity contribution >= 4 is 40.1 Å². The molecule has 0 saturated heterocycles. The number of nitrogens with one attached hydrogen (secondary N) is 1. The minimum atomic E-state index is -1.04. The van der Waals surface area contributed by atoms with Crippen LogP contribution in [0.1, 0.15) is 38.8 Å². The Labute approximate surface area is 220 Å². The molecule has 4 rings (SSSR count). The van der Waals surface area contributed by atoms with Crippen LogP contribution in [0.2, 0.25) is 5.02 Å². The number of aromatic nitrogens is 4. The molecule has 2 amide bonds. The predicted molar refractivity (Wildman–Crippen MR) is 143 cm³/mol. The molecule has 0 aliphatic rings. The Morgan fingerprint density at radius 3 is 2.57 bits per heavy atom. The number of halogens is 1. The van der Waals surface area contributed by atoms with E-state index in [1.807, 2.05) is 45.0 Å². The third-order valence-corrected chi connectivity index (χ3v) is 6.48. The molecule has 0 aliphatic heterocycles. The van der Waals surface area contributed by atoms with Crippen LogP contribution in [0.3, 0.4) is 0 Å². The minimum Gasteiger partial charge on any atom is -0.495 e. The fourth-order valence-corrected chi connectivity index (χ4v) is 4.13. The van der Waals surface area contributed by atoms with E-state index in [9.17, 15) is 9.59 Å². The van der Waals surface area contributed by atoms with Gasteiger partial charge in [-0.25, -0.2) is 4.68 Å². The number of benzene rings is 2. The highest BCUT2D eigenvalue weighted by atomic mass is 35.5. The van der Waals surface area contributed by atoms with Gasteiger partial charge in [0.05, 0.1) is 18.3 Å². The summed E-state index contributed by atoms with van der Waals surface area (Å²) in [5, 5.41) is 11.8. The molecule has 9 nitrogen and oxygen atoms in total. The molecule has 10 heteroatoms. The SMILES string of the molecule is CCC(C)(C)NC(=O)[C@@H](c1ccncc1)N(C(=O)Cn1nnc2ccccc21)c1cc(Cl)ccc1OC. The summed E-state index contributed by atoms with van der Waals surface area (Å²) in [7, 11) is 1.50. The Balaban J connectivity index is 1.87. The molecule has 0 spiro atoms. The van der Waals surface area contributed by atoms with Gasteiger partial charge in [0.15, 0.2) is 0 Å². The minimum absolute atomic E-state index is 0.164. The van der Waals surface area contributed by atoms with Crippen LogP contribution in [0.4, 0.5) is 5.69 Å². The average molecular weight is 521 g/mol. The first kappa shape index (κ1) is 26.1. The van der Waals surface area contributed by atoms with Crippen molar-refractivity contribution in [2.24, 2.45) is 0 Å². The smallest absolute Gasteiger partial charge is 0.249 e. The van der Waals surface area contributed by atoms with Crippen LogP contribution in [0, 0.1) is 0 Å². The molecule has 2 aromatic carbocycles. The molecule has 0 radical (unpaired) electrons. The normalized spacial score (nSPS) is 12.2. The van der Waals surface area contributed by atoms with Crippen molar-refractivity contribution < 1.29 is 14.3 Å². The number of methoxy groups -OCH3 is 1. The first-order chi connectivity index (χ1) is 17.7. The number of ether oxygens (including phenoxy) is 1. The van der Waals surface area contributed by atoms with Crippen LogP contribution in [-0.2, 0) is 16.1 Å². The van der Waals surface area contributed by atoms with E-state index >= 15 is 0 Å². The van der Waals surface area contributed by atoms with Crippen LogP contribution in [0.5, 0.6) is 5.75 Å². The van der Waals surface area contributed by atoms with Gasteiger partial charge in [0, 0.05) is 23.0 Å². The average Bonchev–Trinajstić information content (AvgIpc) is 3.30. The fraction of sp³-hybridized carbons (Fsp3) is 0.296. The lowest BCUT2D eigenvalue weighted by Crippen LogP contribution is -2.51. The molecule has 0 bridgehead atoms. The van der Waals surface area contributed by atoms with Gasteiger partial charge in [-0.1, -0.05) is 35.9 Å². The summed E-state index contributed by atoms with van der Waals surface area (Å²) >= 11 is 6.37. The van der Waals surface area contributed by atoms with Gasteiger partial charge < -0.3 is 10.1 Å². The maximum atomic E-state index is 14.1. The first-order valence-corrected chi connectivity index (χ1v) is 12.3. The van der Waals surface area contributed by atoms with Crippen molar-refractivity contribution in [2.45, 2.75) is 45.3 Å². The van der Waals surface area contributed by atoms with Crippen molar-refractivity contribution in [3.8, 4) is 5.75 Å². The molecular weight excluding hydrogens is 492 g/mol. The molecule has 192 valence electrons. The van der Waals surface area contributed by atoms with Crippen LogP contribution >= 0.6 is 11.6 Å². The van der Waals surface area contributed by atoms with Crippen LogP contribution in [0.15, 0.2) is 67.0 Å². The molecule has 0 saturated carbocycles. The molecule has 2 aromatic heterocycles. The quantitative estimate of drug-likeness (QED) is 0.347. The number of nitrogens with zero attached hydrogens (tertiary/aromatic N) is 5. The summed E-state index contributed by atoms with van der Waals surface area (Å²) in [4.78, 5) is 33.5. The van der Waals surface area contributed by atoms with E-state index in [4.69, 9.17) is 16.3 Å². The van der Waals surface area contributed by atoms with Crippen molar-refractivity contribution in [2.75, 3.05) is 12.0 Å². The monoisotopic (exact) mass is 520 g/mol. The summed E-state index contributed by atoms with van der Waals surface area (Å²) in [6, 6.07) is 14.7. The Bertz CT molecular complexity index is 1410. The number of fused-ring (bicyclic) bond motifs is 1. The predicted octanol–water partition coefficient (Wildman–Crippen LogP) is 4.57. The Morgan fingerprint density at radius 1 is 1.14 bits per heavy atom. The van der Waals surface area contributed by atoms with E-state index < -0.39 is 17.5 Å². The Kier molecular flexibility index (Phi) is 7.73. The zero-order chi connectivity index (χ0) is 26.6. The number of carbonyl (C=O) groups excluding carboxylic acids is 2. The summed E-state index contributed by atoms with van der Waals surface area (Å²) in [5.41, 5.74) is 1.80. The molecule has 1 N–H and O–H groups in total. The number of hydrogen-bond acceptors (Lipinski definition) is 6. The fourth-order valence-electron chi connectivity index (χ4n) is 3.96. The van der Waals surface area contributed by atoms with Gasteiger partial charge in [0.25, 0.3) is 0 Å². The summed E-state index contributed by atoms with van der Waals surface area (Å²) in [5.74, 6) is -0.359. The summed E-state index contributed by atoms with van der Waals surface area (Å²) in [6.07, 6.45) is 3.87. The van der Waals surface area contributed by atoms with Gasteiger partial charge in [0.2, 0.25) is 11.8 Å². The lowest BCUT2D eigenvalue weighted by molar-refractivity contribution is -0.128. The second-order valence-corrected chi connectivity index (χ2v) is 9.66. The van der Waals surface area contributed by atoms with E-state index in [1.54, 1.807) is 42.7 Å². The van der Waals surface area contributed by atoms with Gasteiger partial charge in [-0.2, -0.15) is 0 Å². The topological polar surface area (TPSA) is 102 Å². The molecular formula is C27H29ClN6O3. The number of anilines is 1. The van der Waals surface area contributed by atoms with E-state index in [-0.39, 0.29) is 12.5 Å². The van der Waals surface area contributed by atoms with Gasteiger partial charge in [-0.3, -0.25) is 19.5 Å². The van der Waals surface area contributed by atoms with Gasteiger partial charge >= 0.3 is 0 Å². The zero-order valence-corrected chi connectivity index (χ0v) is 21.9. The molecule has 0 aliphatic carbocycles. The maximum Gasteiger partial charge on any atom is 0.249 e. The molecule has 37 heavy (non-hydrogen) atoms. The van der Waals surface area contributed by atoms with Gasteiger partial charge in [-0.15, -0.1) is 5.10 Å². The van der Waals surface area contributed by atoms with Crippen LogP contribution in [0.25, 0.3) is 11.0 Å². The Morgan fingerprint density at radius 2 is 1.86 bits per heavy atom. The highest BCUT2D eigenvalue weighted by Crippen LogP contribution is 2.37. The summed E-state index contributed by atoms with van der Waals surface area (Å²) < 4.78 is 7.11. The highest BCUT2D eigenvalue weighted by Gasteiger charge is 2.36. The maximum absolute atomic E-state index is 14.1. The first-order valence-electron chi connectivity index (χ1n) is 11.9. The Hall–Kier alpha value is -3.98. The number of amides is 2. The largest absolute Gasteiger partial charge is 0.495 e. The molecule has 4 aromatic rings. The third kappa shape index (κ3) is 5.72. The third-order valence-electron chi connectivity index (χ3n) is 6.25. The second kappa shape index (κ2) is 11.0. The summed E-state index contributed by atoms with van der Waals surface area (Å²) in [6.45, 7) is 5.69. The number of carbonyl (C=O) groups is 2. The number of rotatable bonds is 9. The lowest BCUT2D eigenvalue weighted by atomic mass is 9.98. The standard InChI is InChI=1S/C27H29ClN6O3/c1-5-27(2,3)30-26(36)25(18-12-14-29-15-13-18)34(22-16-19(28)10-11-23(22)37-4)24(35)17-33-21-9-7-6-8-20(21)31-32-33/h6-16,25H,5,17H2,1-4H3,(H,30,36)/t25-/m1/s1. The number of hydrogen-bond donors (Lipinski definition) is 1. The van der Waals surface area contributed by atoms with E-state index in [0.717, 1.165) is 0 Å².